The molecule has 2 bridgehead atoms. The molecule has 8 heteroatoms. The zero-order valence-electron chi connectivity index (χ0n) is 19.2. The molecule has 2 N–H and O–H groups in total. The molecule has 0 saturated heterocycles. The molecule has 6 atom stereocenters. The lowest BCUT2D eigenvalue weighted by atomic mass is 9.49. The van der Waals surface area contributed by atoms with E-state index in [0.717, 1.165) is 0 Å². The highest BCUT2D eigenvalue weighted by atomic mass is 16.5. The highest BCUT2D eigenvalue weighted by Gasteiger charge is 2.66. The van der Waals surface area contributed by atoms with Gasteiger partial charge in [-0.2, -0.15) is 0 Å². The first-order chi connectivity index (χ1) is 17.3. The van der Waals surface area contributed by atoms with Crippen LogP contribution in [-0.2, 0) is 19.1 Å². The van der Waals surface area contributed by atoms with E-state index in [9.17, 15) is 29.4 Å². The summed E-state index contributed by atoms with van der Waals surface area (Å²) in [7, 11) is 0. The van der Waals surface area contributed by atoms with Crippen molar-refractivity contribution in [2.24, 2.45) is 23.7 Å². The fourth-order valence-electron chi connectivity index (χ4n) is 5.48. The summed E-state index contributed by atoms with van der Waals surface area (Å²) in [5.41, 5.74) is -3.84. The minimum absolute atomic E-state index is 0.251. The van der Waals surface area contributed by atoms with Crippen LogP contribution in [0.25, 0.3) is 0 Å². The smallest absolute Gasteiger partial charge is 0.338 e. The third kappa shape index (κ3) is 3.79. The minimum atomic E-state index is -2.18. The Hall–Kier alpha value is -3.88. The van der Waals surface area contributed by atoms with Crippen molar-refractivity contribution in [3.8, 4) is 0 Å². The molecule has 0 aromatic heterocycles. The van der Waals surface area contributed by atoms with Crippen LogP contribution in [0.1, 0.15) is 20.7 Å². The fraction of sp³-hybridized carbons (Fsp3) is 0.286. The average Bonchev–Trinajstić information content (AvgIpc) is 2.91. The number of aliphatic hydroxyl groups is 2. The first kappa shape index (κ1) is 23.8. The van der Waals surface area contributed by atoms with Gasteiger partial charge >= 0.3 is 11.9 Å². The lowest BCUT2D eigenvalue weighted by Gasteiger charge is -2.56. The van der Waals surface area contributed by atoms with Crippen molar-refractivity contribution < 1.29 is 38.9 Å². The molecule has 1 fully saturated rings. The maximum absolute atomic E-state index is 13.3. The lowest BCUT2D eigenvalue weighted by molar-refractivity contribution is -0.191. The molecule has 36 heavy (non-hydrogen) atoms. The molecule has 5 unspecified atom stereocenters. The van der Waals surface area contributed by atoms with Crippen molar-refractivity contribution >= 4 is 23.5 Å². The summed E-state index contributed by atoms with van der Waals surface area (Å²) in [5, 5.41) is 23.1. The maximum atomic E-state index is 13.3. The van der Waals surface area contributed by atoms with Crippen LogP contribution in [0.5, 0.6) is 0 Å². The summed E-state index contributed by atoms with van der Waals surface area (Å²) in [6.07, 6.45) is 5.95. The second-order valence-electron chi connectivity index (χ2n) is 9.36. The van der Waals surface area contributed by atoms with Gasteiger partial charge in [0.1, 0.15) is 13.2 Å². The number of Topliss-reactive ketones (excluding diaryl/α,β-unsaturated/α-hetero) is 1. The normalized spacial score (nSPS) is 32.2. The molecule has 1 saturated carbocycles. The van der Waals surface area contributed by atoms with Gasteiger partial charge in [-0.1, -0.05) is 54.6 Å². The minimum Gasteiger partial charge on any atom is -0.459 e. The van der Waals surface area contributed by atoms with Crippen LogP contribution < -0.4 is 0 Å². The molecular weight excluding hydrogens is 464 g/mol. The van der Waals surface area contributed by atoms with Crippen LogP contribution in [-0.4, -0.2) is 58.1 Å². The van der Waals surface area contributed by atoms with Gasteiger partial charge in [-0.25, -0.2) is 9.59 Å². The first-order valence-electron chi connectivity index (χ1n) is 11.6. The van der Waals surface area contributed by atoms with Gasteiger partial charge in [-0.15, -0.1) is 0 Å². The Kier molecular flexibility index (Phi) is 5.94. The van der Waals surface area contributed by atoms with Crippen LogP contribution in [0.15, 0.2) is 85.0 Å². The standard InChI is InChI=1S/C28H24O8/c29-22-14-12-19-20-11-13-21(23(19)28(22,34)16-36-26(32)18-9-5-2-6-10-18)27(33,24(20)30)15-35-25(31)17-7-3-1-4-8-17/h1-14,19-21,23,33-34H,15-16H2/t19?,20?,21?,23?,27?,28-/m0/s1. The van der Waals surface area contributed by atoms with E-state index in [2.05, 4.69) is 0 Å². The Morgan fingerprint density at radius 3 is 1.83 bits per heavy atom. The van der Waals surface area contributed by atoms with Gasteiger partial charge in [0.05, 0.1) is 11.1 Å². The van der Waals surface area contributed by atoms with E-state index in [1.165, 1.54) is 6.08 Å². The highest BCUT2D eigenvalue weighted by Crippen LogP contribution is 2.54. The number of ketones is 2. The Labute approximate surface area is 206 Å². The summed E-state index contributed by atoms with van der Waals surface area (Å²) in [6, 6.07) is 16.3. The van der Waals surface area contributed by atoms with E-state index in [1.54, 1.807) is 78.9 Å². The van der Waals surface area contributed by atoms with Gasteiger partial charge in [0, 0.05) is 17.8 Å². The van der Waals surface area contributed by atoms with E-state index in [0.29, 0.717) is 0 Å². The third-order valence-corrected chi connectivity index (χ3v) is 7.34. The highest BCUT2D eigenvalue weighted by molar-refractivity contribution is 6.01. The van der Waals surface area contributed by atoms with E-state index in [4.69, 9.17) is 9.47 Å². The number of carbonyl (C=O) groups excluding carboxylic acids is 4. The number of rotatable bonds is 6. The van der Waals surface area contributed by atoms with Gasteiger partial charge in [0.25, 0.3) is 0 Å². The molecule has 2 aromatic rings. The monoisotopic (exact) mass is 488 g/mol. The molecule has 0 amide bonds. The van der Waals surface area contributed by atoms with Gasteiger partial charge in [0.15, 0.2) is 22.8 Å². The zero-order chi connectivity index (χ0) is 25.5. The largest absolute Gasteiger partial charge is 0.459 e. The average molecular weight is 488 g/mol. The Balaban J connectivity index is 1.41. The third-order valence-electron chi connectivity index (χ3n) is 7.34. The van der Waals surface area contributed by atoms with Gasteiger partial charge in [-0.05, 0) is 36.3 Å². The summed E-state index contributed by atoms with van der Waals surface area (Å²) >= 11 is 0. The predicted molar refractivity (Wildman–Crippen MR) is 126 cm³/mol. The summed E-state index contributed by atoms with van der Waals surface area (Å²) in [4.78, 5) is 51.2. The van der Waals surface area contributed by atoms with Crippen molar-refractivity contribution in [1.29, 1.82) is 0 Å². The molecule has 8 nitrogen and oxygen atoms in total. The Morgan fingerprint density at radius 2 is 1.28 bits per heavy atom. The molecule has 4 aliphatic rings. The van der Waals surface area contributed by atoms with Crippen LogP contribution in [0, 0.1) is 23.7 Å². The number of hydrogen-bond acceptors (Lipinski definition) is 8. The molecular formula is C28H24O8. The van der Waals surface area contributed by atoms with Crippen molar-refractivity contribution in [2.75, 3.05) is 13.2 Å². The molecule has 2 aromatic carbocycles. The number of esters is 2. The summed E-state index contributed by atoms with van der Waals surface area (Å²) in [6.45, 7) is -1.30. The van der Waals surface area contributed by atoms with Crippen molar-refractivity contribution in [2.45, 2.75) is 11.2 Å². The topological polar surface area (TPSA) is 127 Å². The molecule has 184 valence electrons. The second-order valence-corrected chi connectivity index (χ2v) is 9.36. The Morgan fingerprint density at radius 1 is 0.750 bits per heavy atom. The van der Waals surface area contributed by atoms with Gasteiger partial charge < -0.3 is 19.7 Å². The number of carbonyl (C=O) groups is 4. The first-order valence-corrected chi connectivity index (χ1v) is 11.6. The number of ether oxygens (including phenoxy) is 2. The molecule has 0 spiro atoms. The van der Waals surface area contributed by atoms with Crippen LogP contribution >= 0.6 is 0 Å². The molecule has 6 rings (SSSR count). The molecule has 0 aliphatic heterocycles. The summed E-state index contributed by atoms with van der Waals surface area (Å²) < 4.78 is 10.6. The van der Waals surface area contributed by atoms with Gasteiger partial charge in [-0.3, -0.25) is 9.59 Å². The van der Waals surface area contributed by atoms with E-state index < -0.39 is 71.6 Å². The van der Waals surface area contributed by atoms with Crippen molar-refractivity contribution in [3.05, 3.63) is 96.1 Å². The van der Waals surface area contributed by atoms with Gasteiger partial charge in [0.2, 0.25) is 0 Å². The Bertz CT molecular complexity index is 1270. The van der Waals surface area contributed by atoms with Crippen LogP contribution in [0.3, 0.4) is 0 Å². The van der Waals surface area contributed by atoms with E-state index in [-0.39, 0.29) is 11.1 Å². The van der Waals surface area contributed by atoms with Crippen LogP contribution in [0.2, 0.25) is 0 Å². The second kappa shape index (κ2) is 8.96. The summed E-state index contributed by atoms with van der Waals surface area (Å²) in [5.74, 6) is -6.17. The van der Waals surface area contributed by atoms with Crippen LogP contribution in [0.4, 0.5) is 0 Å². The predicted octanol–water partition coefficient (Wildman–Crippen LogP) is 1.92. The zero-order valence-corrected chi connectivity index (χ0v) is 19.2. The molecule has 0 heterocycles. The van der Waals surface area contributed by atoms with Crippen molar-refractivity contribution in [1.82, 2.24) is 0 Å². The van der Waals surface area contributed by atoms with E-state index in [1.807, 2.05) is 0 Å². The number of allylic oxidation sites excluding steroid dienone is 2. The SMILES string of the molecule is O=C(OCC1(O)C(=O)C2C=CC1C1C2C=CC(=O)[C@@]1(O)COC(=O)c1ccccc1)c1ccccc1. The van der Waals surface area contributed by atoms with Crippen molar-refractivity contribution in [3.63, 3.8) is 0 Å². The molecule has 0 radical (unpaired) electrons. The van der Waals surface area contributed by atoms with E-state index >= 15 is 0 Å². The lowest BCUT2D eigenvalue weighted by Crippen LogP contribution is -2.70. The number of hydrogen-bond donors (Lipinski definition) is 2. The maximum Gasteiger partial charge on any atom is 0.338 e. The fourth-order valence-corrected chi connectivity index (χ4v) is 5.48. The number of fused-ring (bicyclic) bond motifs is 1. The molecule has 4 aliphatic carbocycles. The quantitative estimate of drug-likeness (QED) is 0.466. The number of benzene rings is 2.